The summed E-state index contributed by atoms with van der Waals surface area (Å²) in [5.41, 5.74) is 0.998. The van der Waals surface area contributed by atoms with Crippen LogP contribution < -0.4 is 16.0 Å². The second kappa shape index (κ2) is 11.4. The van der Waals surface area contributed by atoms with Crippen molar-refractivity contribution in [1.29, 1.82) is 0 Å². The van der Waals surface area contributed by atoms with Crippen molar-refractivity contribution in [2.24, 2.45) is 11.8 Å². The van der Waals surface area contributed by atoms with E-state index in [0.717, 1.165) is 5.56 Å². The van der Waals surface area contributed by atoms with E-state index >= 15 is 0 Å². The fraction of sp³-hybridized carbons (Fsp3) is 0.571. The molecule has 0 heterocycles. The third-order valence-electron chi connectivity index (χ3n) is 4.45. The van der Waals surface area contributed by atoms with Gasteiger partial charge < -0.3 is 21.1 Å². The molecule has 0 saturated heterocycles. The van der Waals surface area contributed by atoms with Crippen LogP contribution in [0.1, 0.15) is 40.2 Å². The van der Waals surface area contributed by atoms with Crippen molar-refractivity contribution in [3.05, 3.63) is 35.9 Å². The number of hydrogen-bond acceptors (Lipinski definition) is 4. The molecule has 7 nitrogen and oxygen atoms in total. The fourth-order valence-electron chi connectivity index (χ4n) is 2.88. The van der Waals surface area contributed by atoms with Gasteiger partial charge in [-0.3, -0.25) is 14.4 Å². The Morgan fingerprint density at radius 2 is 1.36 bits per heavy atom. The Kier molecular flexibility index (Phi) is 9.65. The highest BCUT2D eigenvalue weighted by atomic mass is 16.3. The van der Waals surface area contributed by atoms with E-state index in [2.05, 4.69) is 16.0 Å². The molecule has 3 amide bonds. The average Bonchev–Trinajstić information content (AvgIpc) is 2.63. The molecule has 1 aromatic carbocycles. The lowest BCUT2D eigenvalue weighted by molar-refractivity contribution is -0.133. The molecule has 0 radical (unpaired) electrons. The van der Waals surface area contributed by atoms with Gasteiger partial charge in [0.25, 0.3) is 0 Å². The number of aliphatic hydroxyl groups is 1. The van der Waals surface area contributed by atoms with Gasteiger partial charge in [0.1, 0.15) is 12.1 Å². The van der Waals surface area contributed by atoms with Gasteiger partial charge in [-0.15, -0.1) is 0 Å². The first-order valence-corrected chi connectivity index (χ1v) is 9.68. The predicted molar refractivity (Wildman–Crippen MR) is 108 cm³/mol. The molecule has 0 bridgehead atoms. The zero-order valence-electron chi connectivity index (χ0n) is 17.4. The topological polar surface area (TPSA) is 108 Å². The molecule has 1 aromatic rings. The molecular weight excluding hydrogens is 358 g/mol. The van der Waals surface area contributed by atoms with E-state index in [1.54, 1.807) is 0 Å². The Balaban J connectivity index is 2.81. The van der Waals surface area contributed by atoms with Crippen molar-refractivity contribution in [3.63, 3.8) is 0 Å². The summed E-state index contributed by atoms with van der Waals surface area (Å²) < 4.78 is 0. The third kappa shape index (κ3) is 7.68. The minimum absolute atomic E-state index is 0.122. The molecule has 0 saturated carbocycles. The van der Waals surface area contributed by atoms with Crippen LogP contribution in [0.5, 0.6) is 0 Å². The van der Waals surface area contributed by atoms with Crippen molar-refractivity contribution in [1.82, 2.24) is 16.0 Å². The predicted octanol–water partition coefficient (Wildman–Crippen LogP) is 1.01. The van der Waals surface area contributed by atoms with Gasteiger partial charge in [0, 0.05) is 6.92 Å². The Morgan fingerprint density at radius 3 is 1.82 bits per heavy atom. The number of amides is 3. The molecule has 4 N–H and O–H groups in total. The van der Waals surface area contributed by atoms with Crippen LogP contribution in [0, 0.1) is 11.8 Å². The molecule has 0 aromatic heterocycles. The summed E-state index contributed by atoms with van der Waals surface area (Å²) in [5, 5.41) is 17.8. The van der Waals surface area contributed by atoms with E-state index in [1.807, 2.05) is 58.0 Å². The molecule has 0 aliphatic rings. The molecule has 0 aliphatic carbocycles. The van der Waals surface area contributed by atoms with E-state index < -0.39 is 24.0 Å². The standard InChI is InChI=1S/C21H33N3O4/c1-13(2)18(22-15(5)26)21(28)24-19(14(3)4)20(27)23-17(12-25)11-16-9-7-6-8-10-16/h6-10,13-14,17-19,25H,11-12H2,1-5H3,(H,22,26)(H,23,27)(H,24,28)/t17-,18-,19-/m0/s1. The number of benzene rings is 1. The van der Waals surface area contributed by atoms with Gasteiger partial charge in [-0.2, -0.15) is 0 Å². The molecule has 0 unspecified atom stereocenters. The van der Waals surface area contributed by atoms with Crippen molar-refractivity contribution in [2.75, 3.05) is 6.61 Å². The summed E-state index contributed by atoms with van der Waals surface area (Å²) in [6.45, 7) is 8.46. The van der Waals surface area contributed by atoms with Gasteiger partial charge in [-0.05, 0) is 23.8 Å². The van der Waals surface area contributed by atoms with Crippen molar-refractivity contribution < 1.29 is 19.5 Å². The normalized spacial score (nSPS) is 14.3. The van der Waals surface area contributed by atoms with E-state index in [1.165, 1.54) is 6.92 Å². The molecule has 0 fully saturated rings. The molecule has 7 heteroatoms. The fourth-order valence-corrected chi connectivity index (χ4v) is 2.88. The van der Waals surface area contributed by atoms with E-state index in [-0.39, 0.29) is 30.3 Å². The first-order chi connectivity index (χ1) is 13.1. The summed E-state index contributed by atoms with van der Waals surface area (Å²) in [7, 11) is 0. The highest BCUT2D eigenvalue weighted by molar-refractivity contribution is 5.92. The van der Waals surface area contributed by atoms with Gasteiger partial charge in [0.15, 0.2) is 0 Å². The Morgan fingerprint density at radius 1 is 0.857 bits per heavy atom. The monoisotopic (exact) mass is 391 g/mol. The molecule has 0 spiro atoms. The second-order valence-corrected chi connectivity index (χ2v) is 7.73. The van der Waals surface area contributed by atoms with E-state index in [4.69, 9.17) is 0 Å². The number of aliphatic hydroxyl groups excluding tert-OH is 1. The zero-order chi connectivity index (χ0) is 21.3. The van der Waals surface area contributed by atoms with Crippen LogP contribution in [0.25, 0.3) is 0 Å². The summed E-state index contributed by atoms with van der Waals surface area (Å²) in [6.07, 6.45) is 0.488. The van der Waals surface area contributed by atoms with E-state index in [9.17, 15) is 19.5 Å². The second-order valence-electron chi connectivity index (χ2n) is 7.73. The van der Waals surface area contributed by atoms with Gasteiger partial charge in [0.2, 0.25) is 17.7 Å². The SMILES string of the molecule is CC(=O)N[C@H](C(=O)N[C@H](C(=O)N[C@H](CO)Cc1ccccc1)C(C)C)C(C)C. The lowest BCUT2D eigenvalue weighted by Gasteiger charge is -2.28. The minimum atomic E-state index is -0.771. The molecule has 3 atom stereocenters. The maximum Gasteiger partial charge on any atom is 0.243 e. The summed E-state index contributed by atoms with van der Waals surface area (Å²) in [6, 6.07) is 7.61. The van der Waals surface area contributed by atoms with Crippen LogP contribution in [0.4, 0.5) is 0 Å². The van der Waals surface area contributed by atoms with Crippen molar-refractivity contribution in [3.8, 4) is 0 Å². The number of nitrogens with one attached hydrogen (secondary N) is 3. The summed E-state index contributed by atoms with van der Waals surface area (Å²) in [5.74, 6) is -1.35. The van der Waals surface area contributed by atoms with Gasteiger partial charge in [-0.25, -0.2) is 0 Å². The van der Waals surface area contributed by atoms with E-state index in [0.29, 0.717) is 6.42 Å². The maximum atomic E-state index is 12.8. The Labute approximate surface area is 167 Å². The Bertz CT molecular complexity index is 646. The highest BCUT2D eigenvalue weighted by Crippen LogP contribution is 2.08. The third-order valence-corrected chi connectivity index (χ3v) is 4.45. The van der Waals surface area contributed by atoms with Gasteiger partial charge in [0.05, 0.1) is 12.6 Å². The smallest absolute Gasteiger partial charge is 0.243 e. The molecule has 28 heavy (non-hydrogen) atoms. The van der Waals surface area contributed by atoms with Crippen LogP contribution in [0.3, 0.4) is 0 Å². The summed E-state index contributed by atoms with van der Waals surface area (Å²) >= 11 is 0. The lowest BCUT2D eigenvalue weighted by Crippen LogP contribution is -2.58. The lowest BCUT2D eigenvalue weighted by atomic mass is 9.99. The maximum absolute atomic E-state index is 12.8. The molecular formula is C21H33N3O4. The number of carbonyl (C=O) groups excluding carboxylic acids is 3. The number of carbonyl (C=O) groups is 3. The average molecular weight is 392 g/mol. The first-order valence-electron chi connectivity index (χ1n) is 9.68. The minimum Gasteiger partial charge on any atom is -0.394 e. The largest absolute Gasteiger partial charge is 0.394 e. The summed E-state index contributed by atoms with van der Waals surface area (Å²) in [4.78, 5) is 36.8. The van der Waals surface area contributed by atoms with Crippen LogP contribution in [0.2, 0.25) is 0 Å². The van der Waals surface area contributed by atoms with Crippen molar-refractivity contribution in [2.45, 2.75) is 59.2 Å². The first kappa shape index (κ1) is 23.6. The van der Waals surface area contributed by atoms with Crippen LogP contribution in [-0.4, -0.2) is 47.6 Å². The molecule has 156 valence electrons. The van der Waals surface area contributed by atoms with Gasteiger partial charge in [-0.1, -0.05) is 58.0 Å². The van der Waals surface area contributed by atoms with Crippen LogP contribution in [0.15, 0.2) is 30.3 Å². The number of hydrogen-bond donors (Lipinski definition) is 4. The van der Waals surface area contributed by atoms with Gasteiger partial charge >= 0.3 is 0 Å². The number of rotatable bonds is 10. The quantitative estimate of drug-likeness (QED) is 0.477. The highest BCUT2D eigenvalue weighted by Gasteiger charge is 2.30. The van der Waals surface area contributed by atoms with Crippen LogP contribution in [-0.2, 0) is 20.8 Å². The Hall–Kier alpha value is -2.41. The van der Waals surface area contributed by atoms with Crippen molar-refractivity contribution >= 4 is 17.7 Å². The molecule has 0 aliphatic heterocycles. The zero-order valence-corrected chi connectivity index (χ0v) is 17.4. The molecule has 1 rings (SSSR count). The van der Waals surface area contributed by atoms with Crippen LogP contribution >= 0.6 is 0 Å².